The van der Waals surface area contributed by atoms with Crippen LogP contribution in [0, 0.1) is 0 Å². The van der Waals surface area contributed by atoms with Crippen molar-refractivity contribution in [3.63, 3.8) is 0 Å². The third-order valence-corrected chi connectivity index (χ3v) is 8.00. The number of thioether (sulfide) groups is 2. The van der Waals surface area contributed by atoms with E-state index in [4.69, 9.17) is 4.74 Å². The largest absolute Gasteiger partial charge is 0.365 e. The molecule has 3 aliphatic rings. The fraction of sp³-hybridized carbons (Fsp3) is 0.889. The van der Waals surface area contributed by atoms with Gasteiger partial charge < -0.3 is 15.0 Å². The lowest BCUT2D eigenvalue weighted by molar-refractivity contribution is -0.135. The number of rotatable bonds is 9. The van der Waals surface area contributed by atoms with Crippen molar-refractivity contribution < 1.29 is 14.3 Å². The molecule has 3 rings (SSSR count). The Balaban J connectivity index is 1.34. The molecule has 1 N–H and O–H groups in total. The van der Waals surface area contributed by atoms with Crippen LogP contribution in [0.3, 0.4) is 0 Å². The molecular weight excluding hydrogens is 356 g/mol. The summed E-state index contributed by atoms with van der Waals surface area (Å²) in [4.78, 5) is 26.8. The second-order valence-electron chi connectivity index (χ2n) is 7.17. The number of nitrogens with one attached hydrogen (secondary N) is 1. The van der Waals surface area contributed by atoms with Crippen molar-refractivity contribution in [3.05, 3.63) is 0 Å². The van der Waals surface area contributed by atoms with Crippen LogP contribution in [0.5, 0.6) is 0 Å². The average molecular weight is 387 g/mol. The topological polar surface area (TPSA) is 58.6 Å². The summed E-state index contributed by atoms with van der Waals surface area (Å²) in [5.41, 5.74) is 0. The van der Waals surface area contributed by atoms with Crippen molar-refractivity contribution >= 4 is 35.3 Å². The van der Waals surface area contributed by atoms with E-state index in [2.05, 4.69) is 10.2 Å². The summed E-state index contributed by atoms with van der Waals surface area (Å²) in [6.07, 6.45) is 7.52. The molecule has 5 nitrogen and oxygen atoms in total. The minimum absolute atomic E-state index is 0.0295. The Bertz CT molecular complexity index is 461. The number of amides is 2. The van der Waals surface area contributed by atoms with Crippen LogP contribution in [0.2, 0.25) is 0 Å². The highest BCUT2D eigenvalue weighted by molar-refractivity contribution is 8.21. The number of hydrogen-bond donors (Lipinski definition) is 1. The third kappa shape index (κ3) is 5.79. The Morgan fingerprint density at radius 2 is 1.84 bits per heavy atom. The molecule has 3 fully saturated rings. The highest BCUT2D eigenvalue weighted by atomic mass is 32.2. The van der Waals surface area contributed by atoms with Gasteiger partial charge >= 0.3 is 0 Å². The first-order chi connectivity index (χ1) is 12.1. The van der Waals surface area contributed by atoms with Gasteiger partial charge in [0.15, 0.2) is 0 Å². The minimum atomic E-state index is -0.379. The number of ether oxygens (including phenoxy) is 1. The fourth-order valence-electron chi connectivity index (χ4n) is 3.47. The third-order valence-electron chi connectivity index (χ3n) is 5.04. The smallest absolute Gasteiger partial charge is 0.248 e. The highest BCUT2D eigenvalue weighted by Crippen LogP contribution is 2.36. The van der Waals surface area contributed by atoms with Gasteiger partial charge in [-0.15, -0.1) is 23.5 Å². The summed E-state index contributed by atoms with van der Waals surface area (Å²) < 4.78 is 5.92. The maximum absolute atomic E-state index is 12.6. The first-order valence-electron chi connectivity index (χ1n) is 9.62. The second kappa shape index (κ2) is 9.51. The number of carbonyl (C=O) groups excluding carboxylic acids is 2. The van der Waals surface area contributed by atoms with Crippen LogP contribution in [0.15, 0.2) is 0 Å². The molecule has 1 unspecified atom stereocenters. The molecular formula is C18H30N2O3S2. The molecule has 1 atom stereocenters. The van der Waals surface area contributed by atoms with Crippen molar-refractivity contribution in [2.24, 2.45) is 0 Å². The van der Waals surface area contributed by atoms with Gasteiger partial charge in [-0.3, -0.25) is 9.59 Å². The molecule has 0 spiro atoms. The highest BCUT2D eigenvalue weighted by Gasteiger charge is 2.37. The maximum Gasteiger partial charge on any atom is 0.248 e. The predicted molar refractivity (Wildman–Crippen MR) is 104 cm³/mol. The van der Waals surface area contributed by atoms with E-state index in [1.807, 2.05) is 6.92 Å². The zero-order valence-electron chi connectivity index (χ0n) is 15.1. The quantitative estimate of drug-likeness (QED) is 0.618. The normalized spacial score (nSPS) is 22.9. The van der Waals surface area contributed by atoms with Crippen LogP contribution in [-0.4, -0.2) is 64.1 Å². The molecule has 142 valence electrons. The molecule has 2 amide bonds. The first kappa shape index (κ1) is 19.4. The molecule has 0 bridgehead atoms. The summed E-state index contributed by atoms with van der Waals surface area (Å²) in [5, 5.41) is 2.97. The van der Waals surface area contributed by atoms with E-state index < -0.39 is 0 Å². The Morgan fingerprint density at radius 1 is 1.16 bits per heavy atom. The molecule has 0 aromatic heterocycles. The van der Waals surface area contributed by atoms with Gasteiger partial charge in [-0.1, -0.05) is 12.8 Å². The maximum atomic E-state index is 12.6. The molecule has 1 heterocycles. The first-order valence-corrected chi connectivity index (χ1v) is 11.7. The molecule has 2 saturated carbocycles. The Hall–Kier alpha value is -0.400. The van der Waals surface area contributed by atoms with Crippen LogP contribution in [-0.2, 0) is 14.3 Å². The van der Waals surface area contributed by atoms with Gasteiger partial charge in [0.1, 0.15) is 10.7 Å². The molecule has 0 radical (unpaired) electrons. The van der Waals surface area contributed by atoms with Crippen LogP contribution in [0.4, 0.5) is 0 Å². The van der Waals surface area contributed by atoms with Crippen LogP contribution < -0.4 is 5.32 Å². The Morgan fingerprint density at radius 3 is 2.48 bits per heavy atom. The number of carbonyl (C=O) groups is 2. The Kier molecular flexibility index (Phi) is 7.37. The molecule has 7 heteroatoms. The van der Waals surface area contributed by atoms with E-state index >= 15 is 0 Å². The van der Waals surface area contributed by atoms with Crippen molar-refractivity contribution in [3.8, 4) is 0 Å². The fourth-order valence-corrected chi connectivity index (χ4v) is 6.19. The zero-order chi connectivity index (χ0) is 17.6. The summed E-state index contributed by atoms with van der Waals surface area (Å²) in [6, 6.07) is 0.439. The van der Waals surface area contributed by atoms with Crippen molar-refractivity contribution in [2.45, 2.75) is 74.7 Å². The lowest BCUT2D eigenvalue weighted by atomic mass is 10.3. The van der Waals surface area contributed by atoms with Gasteiger partial charge in [0.25, 0.3) is 0 Å². The van der Waals surface area contributed by atoms with Crippen molar-refractivity contribution in [2.75, 3.05) is 24.6 Å². The van der Waals surface area contributed by atoms with Crippen LogP contribution in [0.1, 0.15) is 51.9 Å². The molecule has 1 saturated heterocycles. The lowest BCUT2D eigenvalue weighted by Crippen LogP contribution is -2.41. The van der Waals surface area contributed by atoms with E-state index in [0.29, 0.717) is 18.5 Å². The van der Waals surface area contributed by atoms with E-state index in [9.17, 15) is 9.59 Å². The monoisotopic (exact) mass is 386 g/mol. The van der Waals surface area contributed by atoms with E-state index in [1.165, 1.54) is 12.8 Å². The zero-order valence-corrected chi connectivity index (χ0v) is 16.7. The molecule has 25 heavy (non-hydrogen) atoms. The standard InChI is InChI=1S/C18H30N2O3S2/c1-13(23-15-5-2-3-6-15)16(21)19-9-4-10-20(14-7-8-14)17(22)18-24-11-12-25-18/h13-15,18H,2-12H2,1H3,(H,19,21). The molecule has 0 aromatic carbocycles. The summed E-state index contributed by atoms with van der Waals surface area (Å²) in [5.74, 6) is 2.42. The van der Waals surface area contributed by atoms with E-state index in [1.54, 1.807) is 23.5 Å². The van der Waals surface area contributed by atoms with Crippen molar-refractivity contribution in [1.29, 1.82) is 0 Å². The minimum Gasteiger partial charge on any atom is -0.365 e. The molecule has 1 aliphatic heterocycles. The van der Waals surface area contributed by atoms with Crippen LogP contribution in [0.25, 0.3) is 0 Å². The molecule has 2 aliphatic carbocycles. The average Bonchev–Trinajstić information content (AvgIpc) is 3.09. The number of hydrogen-bond acceptors (Lipinski definition) is 5. The second-order valence-corrected chi connectivity index (χ2v) is 9.89. The Labute approximate surface area is 159 Å². The number of nitrogens with zero attached hydrogens (tertiary/aromatic N) is 1. The van der Waals surface area contributed by atoms with Gasteiger partial charge in [0, 0.05) is 30.6 Å². The SMILES string of the molecule is CC(OC1CCCC1)C(=O)NCCCN(C(=O)C1SCCS1)C1CC1. The summed E-state index contributed by atoms with van der Waals surface area (Å²) in [6.45, 7) is 3.19. The predicted octanol–water partition coefficient (Wildman–Crippen LogP) is 2.64. The van der Waals surface area contributed by atoms with E-state index in [0.717, 1.165) is 50.2 Å². The van der Waals surface area contributed by atoms with Gasteiger partial charge in [0.05, 0.1) is 6.10 Å². The van der Waals surface area contributed by atoms with Gasteiger partial charge in [0.2, 0.25) is 11.8 Å². The van der Waals surface area contributed by atoms with Crippen molar-refractivity contribution in [1.82, 2.24) is 10.2 Å². The van der Waals surface area contributed by atoms with Gasteiger partial charge in [-0.2, -0.15) is 0 Å². The lowest BCUT2D eigenvalue weighted by Gasteiger charge is -2.25. The van der Waals surface area contributed by atoms with Gasteiger partial charge in [-0.05, 0) is 39.0 Å². The summed E-state index contributed by atoms with van der Waals surface area (Å²) in [7, 11) is 0. The van der Waals surface area contributed by atoms with E-state index in [-0.39, 0.29) is 22.7 Å². The van der Waals surface area contributed by atoms with Gasteiger partial charge in [-0.25, -0.2) is 0 Å². The molecule has 0 aromatic rings. The summed E-state index contributed by atoms with van der Waals surface area (Å²) >= 11 is 3.54. The van der Waals surface area contributed by atoms with Crippen LogP contribution >= 0.6 is 23.5 Å².